The van der Waals surface area contributed by atoms with Gasteiger partial charge in [-0.25, -0.2) is 4.98 Å². The number of rotatable bonds is 4. The fourth-order valence-electron chi connectivity index (χ4n) is 1.54. The molecule has 0 radical (unpaired) electrons. The van der Waals surface area contributed by atoms with Gasteiger partial charge in [0.25, 0.3) is 5.91 Å². The fourth-order valence-corrected chi connectivity index (χ4v) is 1.54. The number of aromatic nitrogens is 2. The van der Waals surface area contributed by atoms with Gasteiger partial charge >= 0.3 is 0 Å². The summed E-state index contributed by atoms with van der Waals surface area (Å²) in [5.74, 6) is 6.02. The van der Waals surface area contributed by atoms with E-state index in [1.165, 1.54) is 13.2 Å². The normalized spacial score (nSPS) is 9.81. The molecule has 0 aromatic carbocycles. The Labute approximate surface area is 121 Å². The number of hydrogen-bond acceptors (Lipinski definition) is 6. The lowest BCUT2D eigenvalue weighted by atomic mass is 10.2. The van der Waals surface area contributed by atoms with E-state index in [1.807, 2.05) is 0 Å². The third-order valence-corrected chi connectivity index (χ3v) is 2.41. The fraction of sp³-hybridized carbons (Fsp3) is 0.214. The van der Waals surface area contributed by atoms with Gasteiger partial charge in [-0.1, -0.05) is 17.0 Å². The van der Waals surface area contributed by atoms with E-state index in [9.17, 15) is 4.79 Å². The number of pyridine rings is 1. The molecule has 0 atom stereocenters. The SMILES string of the molecule is COCc1cc(C(=O)Nc2cc(C#CCN)ccn2)no1. The number of nitrogens with one attached hydrogen (secondary N) is 1. The van der Waals surface area contributed by atoms with Crippen molar-refractivity contribution in [2.24, 2.45) is 5.73 Å². The van der Waals surface area contributed by atoms with Crippen LogP contribution >= 0.6 is 0 Å². The standard InChI is InChI=1S/C14H14N4O3/c1-20-9-11-8-12(18-21-11)14(19)17-13-7-10(3-2-5-15)4-6-16-13/h4,6-8H,5,9,15H2,1H3,(H,16,17,19). The molecule has 2 heterocycles. The van der Waals surface area contributed by atoms with Crippen molar-refractivity contribution >= 4 is 11.7 Å². The highest BCUT2D eigenvalue weighted by molar-refractivity contribution is 6.02. The van der Waals surface area contributed by atoms with E-state index in [0.717, 1.165) is 0 Å². The minimum Gasteiger partial charge on any atom is -0.377 e. The minimum absolute atomic E-state index is 0.155. The second-order valence-corrected chi connectivity index (χ2v) is 4.00. The van der Waals surface area contributed by atoms with Gasteiger partial charge in [-0.3, -0.25) is 4.79 Å². The van der Waals surface area contributed by atoms with Crippen molar-refractivity contribution in [3.63, 3.8) is 0 Å². The number of methoxy groups -OCH3 is 1. The van der Waals surface area contributed by atoms with Crippen LogP contribution < -0.4 is 11.1 Å². The van der Waals surface area contributed by atoms with Crippen molar-refractivity contribution in [2.45, 2.75) is 6.61 Å². The Kier molecular flexibility index (Phi) is 5.04. The maximum Gasteiger partial charge on any atom is 0.279 e. The molecule has 0 saturated heterocycles. The first kappa shape index (κ1) is 14.7. The molecule has 21 heavy (non-hydrogen) atoms. The predicted molar refractivity (Wildman–Crippen MR) is 75.3 cm³/mol. The molecule has 0 bridgehead atoms. The summed E-state index contributed by atoms with van der Waals surface area (Å²) in [4.78, 5) is 16.0. The molecule has 2 aromatic rings. The van der Waals surface area contributed by atoms with Gasteiger partial charge in [0.15, 0.2) is 11.5 Å². The molecule has 2 aromatic heterocycles. The molecule has 0 aliphatic rings. The van der Waals surface area contributed by atoms with Gasteiger partial charge in [0, 0.05) is 24.9 Å². The summed E-state index contributed by atoms with van der Waals surface area (Å²) in [5.41, 5.74) is 6.18. The lowest BCUT2D eigenvalue weighted by Crippen LogP contribution is -2.13. The smallest absolute Gasteiger partial charge is 0.279 e. The van der Waals surface area contributed by atoms with Gasteiger partial charge in [0.1, 0.15) is 12.4 Å². The van der Waals surface area contributed by atoms with Crippen LogP contribution in [-0.4, -0.2) is 29.7 Å². The highest BCUT2D eigenvalue weighted by Crippen LogP contribution is 2.09. The zero-order valence-electron chi connectivity index (χ0n) is 11.4. The van der Waals surface area contributed by atoms with Gasteiger partial charge in [0.05, 0.1) is 6.54 Å². The van der Waals surface area contributed by atoms with Crippen LogP contribution in [0.3, 0.4) is 0 Å². The minimum atomic E-state index is -0.419. The Morgan fingerprint density at radius 1 is 1.52 bits per heavy atom. The van der Waals surface area contributed by atoms with E-state index >= 15 is 0 Å². The lowest BCUT2D eigenvalue weighted by Gasteiger charge is -2.01. The highest BCUT2D eigenvalue weighted by atomic mass is 16.5. The van der Waals surface area contributed by atoms with Crippen LogP contribution in [0.2, 0.25) is 0 Å². The van der Waals surface area contributed by atoms with Crippen LogP contribution in [0.1, 0.15) is 21.8 Å². The number of amides is 1. The molecule has 7 heteroatoms. The second-order valence-electron chi connectivity index (χ2n) is 4.00. The molecule has 0 saturated carbocycles. The molecule has 108 valence electrons. The van der Waals surface area contributed by atoms with Crippen molar-refractivity contribution in [2.75, 3.05) is 19.0 Å². The molecular formula is C14H14N4O3. The van der Waals surface area contributed by atoms with Gasteiger partial charge in [0.2, 0.25) is 0 Å². The summed E-state index contributed by atoms with van der Waals surface area (Å²) in [7, 11) is 1.53. The van der Waals surface area contributed by atoms with Gasteiger partial charge in [-0.05, 0) is 12.1 Å². The largest absolute Gasteiger partial charge is 0.377 e. The number of nitrogens with two attached hydrogens (primary N) is 1. The van der Waals surface area contributed by atoms with Crippen LogP contribution in [0.5, 0.6) is 0 Å². The van der Waals surface area contributed by atoms with E-state index in [4.69, 9.17) is 15.0 Å². The number of ether oxygens (including phenoxy) is 1. The van der Waals surface area contributed by atoms with Crippen molar-refractivity contribution < 1.29 is 14.1 Å². The molecule has 7 nitrogen and oxygen atoms in total. The van der Waals surface area contributed by atoms with Crippen molar-refractivity contribution in [1.82, 2.24) is 10.1 Å². The molecule has 0 fully saturated rings. The van der Waals surface area contributed by atoms with Crippen LogP contribution in [0.4, 0.5) is 5.82 Å². The summed E-state index contributed by atoms with van der Waals surface area (Å²) in [6.07, 6.45) is 1.55. The summed E-state index contributed by atoms with van der Waals surface area (Å²) in [5, 5.41) is 6.28. The molecule has 1 amide bonds. The summed E-state index contributed by atoms with van der Waals surface area (Å²) < 4.78 is 9.84. The third-order valence-electron chi connectivity index (χ3n) is 2.41. The van der Waals surface area contributed by atoms with Gasteiger partial charge in [-0.2, -0.15) is 0 Å². The number of carbonyl (C=O) groups excluding carboxylic acids is 1. The van der Waals surface area contributed by atoms with E-state index < -0.39 is 5.91 Å². The molecule has 0 aliphatic carbocycles. The quantitative estimate of drug-likeness (QED) is 0.805. The van der Waals surface area contributed by atoms with Crippen molar-refractivity contribution in [3.8, 4) is 11.8 Å². The highest BCUT2D eigenvalue weighted by Gasteiger charge is 2.13. The number of anilines is 1. The van der Waals surface area contributed by atoms with E-state index in [1.54, 1.807) is 18.3 Å². The molecule has 3 N–H and O–H groups in total. The Hall–Kier alpha value is -2.69. The van der Waals surface area contributed by atoms with E-state index in [-0.39, 0.29) is 18.8 Å². The molecule has 0 spiro atoms. The monoisotopic (exact) mass is 286 g/mol. The van der Waals surface area contributed by atoms with Gasteiger partial charge < -0.3 is 20.3 Å². The number of hydrogen-bond donors (Lipinski definition) is 2. The van der Waals surface area contributed by atoms with Crippen LogP contribution in [-0.2, 0) is 11.3 Å². The van der Waals surface area contributed by atoms with Crippen molar-refractivity contribution in [3.05, 3.63) is 41.4 Å². The lowest BCUT2D eigenvalue weighted by molar-refractivity contribution is 0.101. The second kappa shape index (κ2) is 7.19. The van der Waals surface area contributed by atoms with Gasteiger partial charge in [-0.15, -0.1) is 0 Å². The Balaban J connectivity index is 2.08. The zero-order chi connectivity index (χ0) is 15.1. The summed E-state index contributed by atoms with van der Waals surface area (Å²) in [6, 6.07) is 4.89. The van der Waals surface area contributed by atoms with Crippen molar-refractivity contribution in [1.29, 1.82) is 0 Å². The maximum absolute atomic E-state index is 12.0. The molecule has 0 aliphatic heterocycles. The zero-order valence-corrected chi connectivity index (χ0v) is 11.4. The maximum atomic E-state index is 12.0. The first-order valence-electron chi connectivity index (χ1n) is 6.14. The molecular weight excluding hydrogens is 272 g/mol. The molecule has 0 unspecified atom stereocenters. The summed E-state index contributed by atoms with van der Waals surface area (Å²) >= 11 is 0. The molecule has 2 rings (SSSR count). The first-order chi connectivity index (χ1) is 10.2. The topological polar surface area (TPSA) is 103 Å². The van der Waals surface area contributed by atoms with Crippen LogP contribution in [0, 0.1) is 11.8 Å². The number of carbonyl (C=O) groups is 1. The number of nitrogens with zero attached hydrogens (tertiary/aromatic N) is 2. The Morgan fingerprint density at radius 2 is 2.38 bits per heavy atom. The average molecular weight is 286 g/mol. The third kappa shape index (κ3) is 4.14. The predicted octanol–water partition coefficient (Wildman–Crippen LogP) is 0.778. The Morgan fingerprint density at radius 3 is 3.14 bits per heavy atom. The first-order valence-corrected chi connectivity index (χ1v) is 6.14. The van der Waals surface area contributed by atoms with Crippen LogP contribution in [0.25, 0.3) is 0 Å². The van der Waals surface area contributed by atoms with E-state index in [0.29, 0.717) is 17.1 Å². The Bertz CT molecular complexity index is 685. The van der Waals surface area contributed by atoms with E-state index in [2.05, 4.69) is 27.3 Å². The average Bonchev–Trinajstić information content (AvgIpc) is 2.95. The van der Waals surface area contributed by atoms with Crippen LogP contribution in [0.15, 0.2) is 28.9 Å². The summed E-state index contributed by atoms with van der Waals surface area (Å²) in [6.45, 7) is 0.522.